The standard InChI is InChI=1S/C22H28FN3O3/c1-28-20-8-7-17(13-21(20)29-2)15-25-9-11-26(12-10-25)16-22(27)24-14-18-5-3-4-6-19(18)23/h3-8,13H,9-12,14-16H2,1-2H3,(H,24,27)/p+2. The first-order chi connectivity index (χ1) is 14.1. The molecule has 1 aliphatic rings. The molecule has 0 aliphatic carbocycles. The summed E-state index contributed by atoms with van der Waals surface area (Å²) >= 11 is 0. The lowest BCUT2D eigenvalue weighted by Crippen LogP contribution is -3.28. The Morgan fingerprint density at radius 3 is 2.38 bits per heavy atom. The Morgan fingerprint density at radius 1 is 1.00 bits per heavy atom. The SMILES string of the molecule is COc1ccc(C[NH+]2CC[NH+](CC(=O)NCc3ccccc3F)CC2)cc1OC. The molecular weight excluding hydrogens is 373 g/mol. The zero-order chi connectivity index (χ0) is 20.6. The summed E-state index contributed by atoms with van der Waals surface area (Å²) in [5.74, 6) is 1.17. The number of amides is 1. The number of quaternary nitrogens is 2. The van der Waals surface area contributed by atoms with Crippen LogP contribution in [0.25, 0.3) is 0 Å². The third kappa shape index (κ3) is 5.92. The number of nitrogens with one attached hydrogen (secondary N) is 3. The summed E-state index contributed by atoms with van der Waals surface area (Å²) in [7, 11) is 3.28. The van der Waals surface area contributed by atoms with E-state index in [4.69, 9.17) is 9.47 Å². The number of carbonyl (C=O) groups excluding carboxylic acids is 1. The molecule has 29 heavy (non-hydrogen) atoms. The van der Waals surface area contributed by atoms with Crippen LogP contribution < -0.4 is 24.6 Å². The third-order valence-electron chi connectivity index (χ3n) is 5.41. The fourth-order valence-electron chi connectivity index (χ4n) is 3.72. The number of methoxy groups -OCH3 is 2. The van der Waals surface area contributed by atoms with E-state index >= 15 is 0 Å². The minimum atomic E-state index is -0.285. The van der Waals surface area contributed by atoms with E-state index in [0.717, 1.165) is 44.2 Å². The molecule has 1 saturated heterocycles. The predicted octanol–water partition coefficient (Wildman–Crippen LogP) is -0.557. The summed E-state index contributed by atoms with van der Waals surface area (Å²) in [5, 5.41) is 2.83. The molecule has 1 fully saturated rings. The summed E-state index contributed by atoms with van der Waals surface area (Å²) < 4.78 is 24.3. The number of halogens is 1. The summed E-state index contributed by atoms with van der Waals surface area (Å²) in [4.78, 5) is 15.0. The number of benzene rings is 2. The second-order valence-electron chi connectivity index (χ2n) is 7.41. The van der Waals surface area contributed by atoms with Crippen molar-refractivity contribution in [2.75, 3.05) is 46.9 Å². The summed E-state index contributed by atoms with van der Waals surface area (Å²) in [6.07, 6.45) is 0. The molecule has 1 amide bonds. The van der Waals surface area contributed by atoms with E-state index in [1.165, 1.54) is 21.4 Å². The van der Waals surface area contributed by atoms with Crippen LogP contribution in [0.15, 0.2) is 42.5 Å². The van der Waals surface area contributed by atoms with Crippen molar-refractivity contribution >= 4 is 5.91 Å². The summed E-state index contributed by atoms with van der Waals surface area (Å²) in [6.45, 7) is 5.47. The number of rotatable bonds is 8. The highest BCUT2D eigenvalue weighted by atomic mass is 19.1. The highest BCUT2D eigenvalue weighted by Crippen LogP contribution is 2.27. The van der Waals surface area contributed by atoms with E-state index in [1.54, 1.807) is 32.4 Å². The zero-order valence-corrected chi connectivity index (χ0v) is 17.1. The average Bonchev–Trinajstić information content (AvgIpc) is 2.74. The van der Waals surface area contributed by atoms with Gasteiger partial charge in [0.1, 0.15) is 38.5 Å². The van der Waals surface area contributed by atoms with E-state index in [-0.39, 0.29) is 18.3 Å². The fraction of sp³-hybridized carbons (Fsp3) is 0.409. The van der Waals surface area contributed by atoms with Crippen LogP contribution in [0.3, 0.4) is 0 Å². The molecule has 156 valence electrons. The van der Waals surface area contributed by atoms with Gasteiger partial charge < -0.3 is 24.6 Å². The molecule has 2 aromatic carbocycles. The molecule has 0 spiro atoms. The van der Waals surface area contributed by atoms with E-state index in [1.807, 2.05) is 12.1 Å². The highest BCUT2D eigenvalue weighted by molar-refractivity contribution is 5.76. The first kappa shape index (κ1) is 21.1. The van der Waals surface area contributed by atoms with E-state index in [9.17, 15) is 9.18 Å². The normalized spacial score (nSPS) is 18.9. The Hall–Kier alpha value is -2.64. The van der Waals surface area contributed by atoms with E-state index < -0.39 is 0 Å². The number of piperazine rings is 1. The maximum atomic E-state index is 13.6. The maximum Gasteiger partial charge on any atom is 0.275 e. The molecule has 3 rings (SSSR count). The Kier molecular flexibility index (Phi) is 7.43. The Bertz CT molecular complexity index is 823. The molecule has 2 aromatic rings. The van der Waals surface area contributed by atoms with E-state index in [2.05, 4.69) is 11.4 Å². The van der Waals surface area contributed by atoms with Crippen LogP contribution in [-0.4, -0.2) is 52.9 Å². The number of carbonyl (C=O) groups is 1. The van der Waals surface area contributed by atoms with Gasteiger partial charge in [0.25, 0.3) is 5.91 Å². The highest BCUT2D eigenvalue weighted by Gasteiger charge is 2.25. The smallest absolute Gasteiger partial charge is 0.275 e. The van der Waals surface area contributed by atoms with Gasteiger partial charge in [0.05, 0.1) is 14.2 Å². The largest absolute Gasteiger partial charge is 0.493 e. The monoisotopic (exact) mass is 403 g/mol. The molecule has 6 nitrogen and oxygen atoms in total. The van der Waals surface area contributed by atoms with Gasteiger partial charge >= 0.3 is 0 Å². The fourth-order valence-corrected chi connectivity index (χ4v) is 3.72. The van der Waals surface area contributed by atoms with Crippen molar-refractivity contribution in [1.29, 1.82) is 0 Å². The van der Waals surface area contributed by atoms with E-state index in [0.29, 0.717) is 12.1 Å². The van der Waals surface area contributed by atoms with Crippen molar-refractivity contribution in [3.8, 4) is 11.5 Å². The van der Waals surface area contributed by atoms with Crippen LogP contribution in [0.5, 0.6) is 11.5 Å². The number of hydrogen-bond donors (Lipinski definition) is 3. The van der Waals surface area contributed by atoms with Crippen LogP contribution in [0, 0.1) is 5.82 Å². The van der Waals surface area contributed by atoms with Gasteiger partial charge in [0, 0.05) is 17.7 Å². The van der Waals surface area contributed by atoms with Gasteiger partial charge in [-0.1, -0.05) is 18.2 Å². The molecule has 0 radical (unpaired) electrons. The minimum Gasteiger partial charge on any atom is -0.493 e. The first-order valence-corrected chi connectivity index (χ1v) is 9.97. The van der Waals surface area contributed by atoms with Gasteiger partial charge in [0.2, 0.25) is 0 Å². The number of ether oxygens (including phenoxy) is 2. The second kappa shape index (κ2) is 10.2. The maximum absolute atomic E-state index is 13.6. The third-order valence-corrected chi connectivity index (χ3v) is 5.41. The van der Waals surface area contributed by atoms with Gasteiger partial charge in [-0.05, 0) is 24.3 Å². The van der Waals surface area contributed by atoms with Gasteiger partial charge in [-0.25, -0.2) is 4.39 Å². The molecule has 1 aliphatic heterocycles. The van der Waals surface area contributed by atoms with Crippen molar-refractivity contribution in [3.63, 3.8) is 0 Å². The quantitative estimate of drug-likeness (QED) is 0.554. The van der Waals surface area contributed by atoms with Crippen LogP contribution >= 0.6 is 0 Å². The van der Waals surface area contributed by atoms with Crippen LogP contribution in [0.2, 0.25) is 0 Å². The molecule has 0 bridgehead atoms. The molecule has 0 atom stereocenters. The molecule has 1 heterocycles. The molecule has 0 saturated carbocycles. The van der Waals surface area contributed by atoms with Crippen molar-refractivity contribution in [2.45, 2.75) is 13.1 Å². The second-order valence-corrected chi connectivity index (χ2v) is 7.41. The average molecular weight is 403 g/mol. The Balaban J connectivity index is 1.42. The van der Waals surface area contributed by atoms with Crippen LogP contribution in [-0.2, 0) is 17.9 Å². The molecular formula is C22H30FN3O3+2. The topological polar surface area (TPSA) is 56.4 Å². The molecule has 3 N–H and O–H groups in total. The Labute approximate surface area is 171 Å². The van der Waals surface area contributed by atoms with Crippen molar-refractivity contribution < 1.29 is 28.5 Å². The van der Waals surface area contributed by atoms with Crippen molar-refractivity contribution in [1.82, 2.24) is 5.32 Å². The summed E-state index contributed by atoms with van der Waals surface area (Å²) in [6, 6.07) is 12.6. The van der Waals surface area contributed by atoms with Gasteiger partial charge in [-0.2, -0.15) is 0 Å². The van der Waals surface area contributed by atoms with Crippen molar-refractivity contribution in [2.24, 2.45) is 0 Å². The summed E-state index contributed by atoms with van der Waals surface area (Å²) in [5.41, 5.74) is 1.73. The zero-order valence-electron chi connectivity index (χ0n) is 17.1. The number of hydrogen-bond acceptors (Lipinski definition) is 3. The lowest BCUT2D eigenvalue weighted by Gasteiger charge is -2.29. The Morgan fingerprint density at radius 2 is 1.69 bits per heavy atom. The van der Waals surface area contributed by atoms with Gasteiger partial charge in [-0.15, -0.1) is 0 Å². The van der Waals surface area contributed by atoms with Crippen LogP contribution in [0.1, 0.15) is 11.1 Å². The van der Waals surface area contributed by atoms with Gasteiger partial charge in [-0.3, -0.25) is 4.79 Å². The van der Waals surface area contributed by atoms with Gasteiger partial charge in [0.15, 0.2) is 18.0 Å². The lowest BCUT2D eigenvalue weighted by atomic mass is 10.1. The minimum absolute atomic E-state index is 0.0356. The lowest BCUT2D eigenvalue weighted by molar-refractivity contribution is -1.02. The first-order valence-electron chi connectivity index (χ1n) is 9.97. The molecule has 7 heteroatoms. The van der Waals surface area contributed by atoms with Crippen LogP contribution in [0.4, 0.5) is 4.39 Å². The van der Waals surface area contributed by atoms with Crippen molar-refractivity contribution in [3.05, 3.63) is 59.4 Å². The molecule has 0 unspecified atom stereocenters. The predicted molar refractivity (Wildman–Crippen MR) is 108 cm³/mol. The molecule has 0 aromatic heterocycles.